The molecule has 198 valence electrons. The molecule has 0 saturated carbocycles. The third-order valence-corrected chi connectivity index (χ3v) is 6.28. The highest BCUT2D eigenvalue weighted by Crippen LogP contribution is 2.31. The number of carbonyl (C=O) groups is 3. The van der Waals surface area contributed by atoms with Crippen LogP contribution < -0.4 is 26.2 Å². The van der Waals surface area contributed by atoms with E-state index in [-0.39, 0.29) is 47.4 Å². The van der Waals surface area contributed by atoms with Gasteiger partial charge in [-0.1, -0.05) is 6.07 Å². The summed E-state index contributed by atoms with van der Waals surface area (Å²) in [6.45, 7) is 1.57. The molecule has 3 aromatic rings. The van der Waals surface area contributed by atoms with Crippen molar-refractivity contribution in [3.8, 4) is 5.75 Å². The van der Waals surface area contributed by atoms with Gasteiger partial charge in [0, 0.05) is 24.5 Å². The van der Waals surface area contributed by atoms with Crippen molar-refractivity contribution in [2.24, 2.45) is 0 Å². The van der Waals surface area contributed by atoms with Crippen LogP contribution in [0.4, 0.5) is 18.9 Å². The van der Waals surface area contributed by atoms with Gasteiger partial charge in [-0.15, -0.1) is 28.3 Å². The van der Waals surface area contributed by atoms with Crippen LogP contribution >= 0.6 is 39.9 Å². The minimum absolute atomic E-state index is 0. The number of hydrogen-bond acceptors (Lipinski definition) is 8. The zero-order valence-electron chi connectivity index (χ0n) is 18.6. The Morgan fingerprint density at radius 3 is 2.65 bits per heavy atom. The number of ether oxygens (including phenoxy) is 1. The molecule has 0 saturated heterocycles. The second-order valence-corrected chi connectivity index (χ2v) is 9.20. The van der Waals surface area contributed by atoms with E-state index in [1.165, 1.54) is 11.3 Å². The molecule has 0 spiro atoms. The Kier molecular flexibility index (Phi) is 8.94. The van der Waals surface area contributed by atoms with Crippen LogP contribution in [-0.2, 0) is 29.2 Å². The molecule has 0 bridgehead atoms. The van der Waals surface area contributed by atoms with Crippen molar-refractivity contribution in [2.75, 3.05) is 11.9 Å². The van der Waals surface area contributed by atoms with E-state index in [4.69, 9.17) is 4.74 Å². The lowest BCUT2D eigenvalue weighted by Crippen LogP contribution is -2.28. The van der Waals surface area contributed by atoms with E-state index in [0.29, 0.717) is 28.2 Å². The first-order valence-electron chi connectivity index (χ1n) is 10.3. The molecule has 0 radical (unpaired) electrons. The zero-order valence-corrected chi connectivity index (χ0v) is 21.9. The topological polar surface area (TPSA) is 142 Å². The molecule has 2 aromatic heterocycles. The number of aromatic amines is 1. The van der Waals surface area contributed by atoms with Gasteiger partial charge in [0.1, 0.15) is 17.0 Å². The molecule has 0 aliphatic carbocycles. The van der Waals surface area contributed by atoms with E-state index in [1.54, 1.807) is 18.2 Å². The molecule has 1 aromatic carbocycles. The van der Waals surface area contributed by atoms with E-state index >= 15 is 0 Å². The number of alkyl halides is 3. The van der Waals surface area contributed by atoms with Gasteiger partial charge in [-0.2, -0.15) is 13.2 Å². The number of aromatic nitrogens is 2. The second-order valence-electron chi connectivity index (χ2n) is 7.70. The largest absolute Gasteiger partial charge is 0.482 e. The quantitative estimate of drug-likeness (QED) is 0.327. The van der Waals surface area contributed by atoms with Crippen LogP contribution in [0.1, 0.15) is 33.0 Å². The highest BCUT2D eigenvalue weighted by atomic mass is 79.9. The number of anilines is 1. The monoisotopic (exact) mass is 623 g/mol. The first-order chi connectivity index (χ1) is 17.0. The maximum atomic E-state index is 12.5. The van der Waals surface area contributed by atoms with Gasteiger partial charge >= 0.3 is 6.18 Å². The molecule has 2 aliphatic rings. The van der Waals surface area contributed by atoms with Gasteiger partial charge in [-0.05, 0) is 34.9 Å². The van der Waals surface area contributed by atoms with Gasteiger partial charge in [0.15, 0.2) is 6.61 Å². The van der Waals surface area contributed by atoms with Crippen LogP contribution in [0.2, 0.25) is 0 Å². The van der Waals surface area contributed by atoms with Crippen LogP contribution in [-0.4, -0.2) is 39.8 Å². The molecule has 5 rings (SSSR count). The fourth-order valence-electron chi connectivity index (χ4n) is 3.51. The van der Waals surface area contributed by atoms with E-state index in [1.807, 2.05) is 0 Å². The lowest BCUT2D eigenvalue weighted by atomic mass is 10.1. The summed E-state index contributed by atoms with van der Waals surface area (Å²) in [5.74, 6) is -0.114. The molecule has 4 heterocycles. The highest BCUT2D eigenvalue weighted by molar-refractivity contribution is 8.93. The molecule has 10 nitrogen and oxygen atoms in total. The fourth-order valence-corrected chi connectivity index (χ4v) is 4.82. The fraction of sp³-hybridized carbons (Fsp3) is 0.286. The molecule has 4 N–H and O–H groups in total. The van der Waals surface area contributed by atoms with E-state index < -0.39 is 23.7 Å². The minimum atomic E-state index is -4.46. The Morgan fingerprint density at radius 2 is 1.97 bits per heavy atom. The summed E-state index contributed by atoms with van der Waals surface area (Å²) in [6.07, 6.45) is -6.01. The van der Waals surface area contributed by atoms with Gasteiger partial charge in [-0.3, -0.25) is 19.2 Å². The number of rotatable bonds is 4. The summed E-state index contributed by atoms with van der Waals surface area (Å²) in [7, 11) is 0. The van der Waals surface area contributed by atoms with Crippen LogP contribution in [0.15, 0.2) is 23.0 Å². The van der Waals surface area contributed by atoms with Crippen LogP contribution in [0, 0.1) is 0 Å². The summed E-state index contributed by atoms with van der Waals surface area (Å²) < 4.78 is 38.3. The van der Waals surface area contributed by atoms with Gasteiger partial charge in [0.25, 0.3) is 17.4 Å². The second kappa shape index (κ2) is 11.6. The number of H-pyrrole nitrogens is 1. The molecular formula is C21H18BrClF3N5O5S. The molecule has 16 heteroatoms. The van der Waals surface area contributed by atoms with Crippen molar-refractivity contribution in [3.05, 3.63) is 50.4 Å². The Morgan fingerprint density at radius 1 is 1.22 bits per heavy atom. The van der Waals surface area contributed by atoms with Crippen LogP contribution in [0.3, 0.4) is 0 Å². The molecule has 0 fully saturated rings. The number of nitrogens with one attached hydrogen (secondary N) is 4. The smallest absolute Gasteiger partial charge is 0.397 e. The summed E-state index contributed by atoms with van der Waals surface area (Å²) in [5.41, 5.74) is 2.02. The predicted octanol–water partition coefficient (Wildman–Crippen LogP) is 3.13. The molecule has 2 aliphatic heterocycles. The number of benzene rings is 1. The van der Waals surface area contributed by atoms with E-state index in [9.17, 15) is 32.3 Å². The number of amides is 2. The van der Waals surface area contributed by atoms with Crippen molar-refractivity contribution in [2.45, 2.75) is 32.2 Å². The maximum absolute atomic E-state index is 12.5. The van der Waals surface area contributed by atoms with Crippen molar-refractivity contribution in [1.29, 1.82) is 0 Å². The zero-order chi connectivity index (χ0) is 26.0. The minimum Gasteiger partial charge on any atom is -0.482 e. The Labute approximate surface area is 225 Å². The molecule has 2 amide bonds. The normalized spacial score (nSPS) is 13.8. The first kappa shape index (κ1) is 28.6. The maximum Gasteiger partial charge on any atom is 0.397 e. The lowest BCUT2D eigenvalue weighted by Gasteiger charge is -2.18. The Bertz CT molecular complexity index is 1430. The number of thiophene rings is 1. The average molecular weight is 625 g/mol. The van der Waals surface area contributed by atoms with Gasteiger partial charge in [0.2, 0.25) is 11.1 Å². The molecular weight excluding hydrogens is 607 g/mol. The Hall–Kier alpha value is -3.01. The van der Waals surface area contributed by atoms with Crippen molar-refractivity contribution in [3.63, 3.8) is 0 Å². The number of hydrogen-bond donors (Lipinski definition) is 4. The third kappa shape index (κ3) is 7.06. The van der Waals surface area contributed by atoms with E-state index in [2.05, 4.69) is 37.5 Å². The number of carbonyl (C=O) groups excluding carboxylic acids is 3. The van der Waals surface area contributed by atoms with Crippen molar-refractivity contribution >= 4 is 72.9 Å². The molecule has 0 atom stereocenters. The number of fused-ring (bicyclic) bond motifs is 4. The SMILES string of the molecule is Br.O=C(Cl)CC(F)(F)F.O=C1COc2ccc(CNC(=O)c3nc4sc5c(c4c(=O)[nH]3)CNC5)cc2N1. The van der Waals surface area contributed by atoms with Gasteiger partial charge in [-0.25, -0.2) is 4.98 Å². The lowest BCUT2D eigenvalue weighted by molar-refractivity contribution is -0.146. The molecule has 37 heavy (non-hydrogen) atoms. The Balaban J connectivity index is 0.000000370. The predicted molar refractivity (Wildman–Crippen MR) is 134 cm³/mol. The number of halogens is 5. The summed E-state index contributed by atoms with van der Waals surface area (Å²) in [6, 6.07) is 5.28. The standard InChI is InChI=1S/C18H15N5O4S.C3H2ClF3O.BrH/c24-13-7-27-11-2-1-8(3-10(11)21-13)4-20-17(26)15-22-16(25)14-9-5-19-6-12(9)28-18(14)23-15;4-2(8)1-3(5,6)7;/h1-3,19H,4-7H2,(H,20,26)(H,21,24)(H,22,23,25);1H2;1H. The number of nitrogens with zero attached hydrogens (tertiary/aromatic N) is 1. The van der Waals surface area contributed by atoms with Gasteiger partial charge in [0.05, 0.1) is 11.1 Å². The van der Waals surface area contributed by atoms with Crippen LogP contribution in [0.5, 0.6) is 5.75 Å². The van der Waals surface area contributed by atoms with Crippen molar-refractivity contribution in [1.82, 2.24) is 20.6 Å². The highest BCUT2D eigenvalue weighted by Gasteiger charge is 2.30. The van der Waals surface area contributed by atoms with E-state index in [0.717, 1.165) is 22.5 Å². The van der Waals surface area contributed by atoms with Gasteiger partial charge < -0.3 is 25.7 Å². The summed E-state index contributed by atoms with van der Waals surface area (Å²) in [5, 5.41) is 7.85. The third-order valence-electron chi connectivity index (χ3n) is 5.02. The summed E-state index contributed by atoms with van der Waals surface area (Å²) >= 11 is 5.84. The van der Waals surface area contributed by atoms with Crippen molar-refractivity contribution < 1.29 is 32.3 Å². The molecule has 0 unspecified atom stereocenters. The van der Waals surface area contributed by atoms with Crippen LogP contribution in [0.25, 0.3) is 10.2 Å². The average Bonchev–Trinajstić information content (AvgIpc) is 3.36. The summed E-state index contributed by atoms with van der Waals surface area (Å²) in [4.78, 5) is 54.4. The first-order valence-corrected chi connectivity index (χ1v) is 11.5.